The Hall–Kier alpha value is -2.21. The van der Waals surface area contributed by atoms with Gasteiger partial charge >= 0.3 is 5.97 Å². The molecule has 0 spiro atoms. The second-order valence-electron chi connectivity index (χ2n) is 5.62. The van der Waals surface area contributed by atoms with Crippen LogP contribution in [0.1, 0.15) is 18.5 Å². The van der Waals surface area contributed by atoms with Gasteiger partial charge in [-0.25, -0.2) is 0 Å². The van der Waals surface area contributed by atoms with Gasteiger partial charge in [0.15, 0.2) is 5.75 Å². The van der Waals surface area contributed by atoms with E-state index in [1.807, 2.05) is 12.1 Å². The Balaban J connectivity index is 1.68. The lowest BCUT2D eigenvalue weighted by Gasteiger charge is -2.29. The first-order chi connectivity index (χ1) is 10.7. The molecule has 2 aromatic rings. The molecule has 0 atom stereocenters. The molecule has 2 heterocycles. The molecule has 0 amide bonds. The standard InChI is InChI=1S/C16H17FN2O3/c17-22-14-3-4-15-12(9-14)1-2-13(18-15)10-19-7-5-11(6-8-19)16(20)21/h1-4,9,11H,5-8,10H2,(H,20,21). The van der Waals surface area contributed by atoms with Gasteiger partial charge in [0.2, 0.25) is 0 Å². The van der Waals surface area contributed by atoms with Crippen LogP contribution in [0.15, 0.2) is 30.3 Å². The zero-order chi connectivity index (χ0) is 15.5. The number of aliphatic carboxylic acids is 1. The van der Waals surface area contributed by atoms with Gasteiger partial charge in [-0.3, -0.25) is 19.6 Å². The Morgan fingerprint density at radius 2 is 2.09 bits per heavy atom. The number of carboxylic acid groups (broad SMARTS) is 1. The van der Waals surface area contributed by atoms with Gasteiger partial charge in [-0.2, -0.15) is 0 Å². The van der Waals surface area contributed by atoms with Crippen LogP contribution in [0, 0.1) is 5.92 Å². The number of pyridine rings is 1. The first-order valence-electron chi connectivity index (χ1n) is 7.29. The maximum atomic E-state index is 12.2. The summed E-state index contributed by atoms with van der Waals surface area (Å²) in [5.41, 5.74) is 1.72. The quantitative estimate of drug-likeness (QED) is 0.941. The molecule has 22 heavy (non-hydrogen) atoms. The number of hydrogen-bond acceptors (Lipinski definition) is 4. The van der Waals surface area contributed by atoms with Crippen LogP contribution in [0.3, 0.4) is 0 Å². The molecule has 1 aromatic heterocycles. The van der Waals surface area contributed by atoms with Gasteiger partial charge in [-0.05, 0) is 50.2 Å². The van der Waals surface area contributed by atoms with E-state index in [4.69, 9.17) is 5.11 Å². The van der Waals surface area contributed by atoms with E-state index in [9.17, 15) is 9.32 Å². The number of halogens is 1. The summed E-state index contributed by atoms with van der Waals surface area (Å²) in [5.74, 6) is -0.757. The molecular formula is C16H17FN2O3. The summed E-state index contributed by atoms with van der Waals surface area (Å²) < 4.78 is 12.2. The average molecular weight is 304 g/mol. The van der Waals surface area contributed by atoms with Crippen molar-refractivity contribution >= 4 is 16.9 Å². The van der Waals surface area contributed by atoms with E-state index < -0.39 is 5.97 Å². The van der Waals surface area contributed by atoms with Crippen LogP contribution >= 0.6 is 0 Å². The van der Waals surface area contributed by atoms with E-state index in [2.05, 4.69) is 14.8 Å². The van der Waals surface area contributed by atoms with Gasteiger partial charge in [0.1, 0.15) is 0 Å². The smallest absolute Gasteiger partial charge is 0.306 e. The number of carbonyl (C=O) groups is 1. The Labute approximate surface area is 127 Å². The maximum Gasteiger partial charge on any atom is 0.306 e. The second kappa shape index (κ2) is 6.27. The van der Waals surface area contributed by atoms with Crippen LogP contribution in [-0.2, 0) is 11.3 Å². The van der Waals surface area contributed by atoms with Crippen LogP contribution in [0.2, 0.25) is 0 Å². The van der Waals surface area contributed by atoms with Gasteiger partial charge in [-0.1, -0.05) is 6.07 Å². The Morgan fingerprint density at radius 3 is 2.77 bits per heavy atom. The Bertz CT molecular complexity index is 684. The maximum absolute atomic E-state index is 12.2. The molecule has 116 valence electrons. The number of benzene rings is 1. The van der Waals surface area contributed by atoms with E-state index in [1.54, 1.807) is 12.1 Å². The lowest BCUT2D eigenvalue weighted by Crippen LogP contribution is -2.36. The number of likely N-dealkylation sites (tertiary alicyclic amines) is 1. The lowest BCUT2D eigenvalue weighted by molar-refractivity contribution is -0.143. The van der Waals surface area contributed by atoms with Crippen molar-refractivity contribution in [3.8, 4) is 5.75 Å². The van der Waals surface area contributed by atoms with Crippen LogP contribution in [-0.4, -0.2) is 34.0 Å². The molecule has 3 rings (SSSR count). The number of carboxylic acids is 1. The molecule has 1 saturated heterocycles. The van der Waals surface area contributed by atoms with Crippen molar-refractivity contribution in [2.75, 3.05) is 13.1 Å². The molecule has 1 aromatic carbocycles. The summed E-state index contributed by atoms with van der Waals surface area (Å²) in [7, 11) is 0. The molecule has 5 nitrogen and oxygen atoms in total. The average Bonchev–Trinajstić information content (AvgIpc) is 2.55. The zero-order valence-electron chi connectivity index (χ0n) is 12.0. The highest BCUT2D eigenvalue weighted by Gasteiger charge is 2.24. The van der Waals surface area contributed by atoms with Crippen molar-refractivity contribution < 1.29 is 19.4 Å². The predicted octanol–water partition coefficient (Wildman–Crippen LogP) is 2.79. The predicted molar refractivity (Wildman–Crippen MR) is 79.1 cm³/mol. The molecule has 1 N–H and O–H groups in total. The molecule has 1 fully saturated rings. The fourth-order valence-corrected chi connectivity index (χ4v) is 2.85. The number of piperidine rings is 1. The van der Waals surface area contributed by atoms with E-state index in [0.717, 1.165) is 29.7 Å². The van der Waals surface area contributed by atoms with Crippen molar-refractivity contribution in [2.24, 2.45) is 5.92 Å². The monoisotopic (exact) mass is 304 g/mol. The van der Waals surface area contributed by atoms with E-state index in [-0.39, 0.29) is 11.7 Å². The minimum absolute atomic E-state index is 0.165. The highest BCUT2D eigenvalue weighted by atomic mass is 19.3. The highest BCUT2D eigenvalue weighted by Crippen LogP contribution is 2.22. The van der Waals surface area contributed by atoms with Crippen molar-refractivity contribution in [1.82, 2.24) is 9.88 Å². The molecular weight excluding hydrogens is 287 g/mol. The number of hydrogen-bond donors (Lipinski definition) is 1. The third kappa shape index (κ3) is 3.17. The van der Waals surface area contributed by atoms with E-state index in [0.29, 0.717) is 19.4 Å². The van der Waals surface area contributed by atoms with Crippen molar-refractivity contribution in [3.63, 3.8) is 0 Å². The van der Waals surface area contributed by atoms with Crippen LogP contribution in [0.4, 0.5) is 4.53 Å². The third-order valence-corrected chi connectivity index (χ3v) is 4.13. The minimum Gasteiger partial charge on any atom is -0.481 e. The van der Waals surface area contributed by atoms with Crippen LogP contribution in [0.5, 0.6) is 5.75 Å². The number of nitrogens with zero attached hydrogens (tertiary/aromatic N) is 2. The van der Waals surface area contributed by atoms with Crippen molar-refractivity contribution in [3.05, 3.63) is 36.0 Å². The van der Waals surface area contributed by atoms with Gasteiger partial charge in [-0.15, -0.1) is 0 Å². The molecule has 0 aliphatic carbocycles. The van der Waals surface area contributed by atoms with Gasteiger partial charge in [0.05, 0.1) is 17.1 Å². The molecule has 0 bridgehead atoms. The largest absolute Gasteiger partial charge is 0.481 e. The van der Waals surface area contributed by atoms with E-state index in [1.165, 1.54) is 6.07 Å². The molecule has 1 aliphatic heterocycles. The number of rotatable bonds is 4. The van der Waals surface area contributed by atoms with Crippen molar-refractivity contribution in [2.45, 2.75) is 19.4 Å². The van der Waals surface area contributed by atoms with Crippen LogP contribution < -0.4 is 4.94 Å². The summed E-state index contributed by atoms with van der Waals surface area (Å²) in [6.45, 7) is 2.24. The molecule has 6 heteroatoms. The molecule has 0 radical (unpaired) electrons. The zero-order valence-corrected chi connectivity index (χ0v) is 12.0. The third-order valence-electron chi connectivity index (χ3n) is 4.13. The normalized spacial score (nSPS) is 16.8. The minimum atomic E-state index is -0.700. The summed E-state index contributed by atoms with van der Waals surface area (Å²) in [6.07, 6.45) is 1.36. The van der Waals surface area contributed by atoms with Gasteiger partial charge in [0.25, 0.3) is 0 Å². The fraction of sp³-hybridized carbons (Fsp3) is 0.375. The van der Waals surface area contributed by atoms with Crippen LogP contribution in [0.25, 0.3) is 10.9 Å². The molecule has 0 saturated carbocycles. The number of fused-ring (bicyclic) bond motifs is 1. The summed E-state index contributed by atoms with van der Waals surface area (Å²) >= 11 is 0. The first-order valence-corrected chi connectivity index (χ1v) is 7.29. The van der Waals surface area contributed by atoms with Crippen molar-refractivity contribution in [1.29, 1.82) is 0 Å². The SMILES string of the molecule is O=C(O)C1CCN(Cc2ccc3cc(OF)ccc3n2)CC1. The van der Waals surface area contributed by atoms with Gasteiger partial charge in [0, 0.05) is 16.5 Å². The molecule has 0 unspecified atom stereocenters. The molecule has 1 aliphatic rings. The Morgan fingerprint density at radius 1 is 1.32 bits per heavy atom. The number of aromatic nitrogens is 1. The van der Waals surface area contributed by atoms with Gasteiger partial charge < -0.3 is 5.11 Å². The second-order valence-corrected chi connectivity index (χ2v) is 5.62. The highest BCUT2D eigenvalue weighted by molar-refractivity contribution is 5.80. The summed E-state index contributed by atoms with van der Waals surface area (Å²) in [6, 6.07) is 8.67. The lowest BCUT2D eigenvalue weighted by atomic mass is 9.97. The summed E-state index contributed by atoms with van der Waals surface area (Å²) in [4.78, 5) is 21.4. The Kier molecular flexibility index (Phi) is 4.20. The first kappa shape index (κ1) is 14.7. The topological polar surface area (TPSA) is 62.7 Å². The van der Waals surface area contributed by atoms with E-state index >= 15 is 0 Å². The summed E-state index contributed by atoms with van der Waals surface area (Å²) in [5, 5.41) is 9.83. The fourth-order valence-electron chi connectivity index (χ4n) is 2.85.